The zero-order valence-corrected chi connectivity index (χ0v) is 10.9. The third-order valence-corrected chi connectivity index (χ3v) is 3.35. The van der Waals surface area contributed by atoms with E-state index >= 15 is 0 Å². The topological polar surface area (TPSA) is 18.5 Å². The van der Waals surface area contributed by atoms with Crippen LogP contribution < -0.4 is 0 Å². The molecule has 0 amide bonds. The third-order valence-electron chi connectivity index (χ3n) is 3.35. The Morgan fingerprint density at radius 2 is 1.44 bits per heavy atom. The van der Waals surface area contributed by atoms with Crippen molar-refractivity contribution >= 4 is 7.12 Å². The van der Waals surface area contributed by atoms with E-state index in [1.807, 2.05) is 27.7 Å². The highest BCUT2D eigenvalue weighted by Crippen LogP contribution is 2.39. The summed E-state index contributed by atoms with van der Waals surface area (Å²) in [7, 11) is -0.619. The fraction of sp³-hybridized carbons (Fsp3) is 0.667. The Hall–Kier alpha value is -0.605. The number of halogens is 1. The molecule has 0 saturated carbocycles. The Labute approximate surface area is 97.7 Å². The molecule has 0 aromatic rings. The molecule has 1 rings (SSSR count). The van der Waals surface area contributed by atoms with Crippen LogP contribution in [0.1, 0.15) is 41.5 Å². The lowest BCUT2D eigenvalue weighted by molar-refractivity contribution is 0.00578. The molecule has 0 aliphatic carbocycles. The molecule has 0 atom stereocenters. The maximum Gasteiger partial charge on any atom is 0.497 e. The molecule has 1 fully saturated rings. The van der Waals surface area contributed by atoms with Gasteiger partial charge in [-0.1, -0.05) is 12.2 Å². The van der Waals surface area contributed by atoms with E-state index < -0.39 is 18.3 Å². The number of rotatable bonds is 2. The largest absolute Gasteiger partial charge is 0.497 e. The number of hydrogen-bond acceptors (Lipinski definition) is 2. The Morgan fingerprint density at radius 3 is 1.75 bits per heavy atom. The van der Waals surface area contributed by atoms with Gasteiger partial charge in [-0.3, -0.25) is 0 Å². The van der Waals surface area contributed by atoms with Crippen molar-refractivity contribution < 1.29 is 13.7 Å². The van der Waals surface area contributed by atoms with Gasteiger partial charge in [0, 0.05) is 5.47 Å². The Morgan fingerprint density at radius 1 is 1.00 bits per heavy atom. The Bertz CT molecular complexity index is 316. The molecule has 1 aliphatic heterocycles. The third kappa shape index (κ3) is 2.23. The van der Waals surface area contributed by atoms with Crippen LogP contribution in [0.4, 0.5) is 4.39 Å². The average Bonchev–Trinajstić information content (AvgIpc) is 2.36. The van der Waals surface area contributed by atoms with Gasteiger partial charge in [-0.05, 0) is 41.5 Å². The van der Waals surface area contributed by atoms with Gasteiger partial charge >= 0.3 is 7.12 Å². The van der Waals surface area contributed by atoms with Crippen LogP contribution in [0.25, 0.3) is 0 Å². The van der Waals surface area contributed by atoms with Gasteiger partial charge < -0.3 is 9.31 Å². The van der Waals surface area contributed by atoms with Crippen LogP contribution in [0.5, 0.6) is 0 Å². The van der Waals surface area contributed by atoms with Gasteiger partial charge in [0.25, 0.3) is 0 Å². The van der Waals surface area contributed by atoms with E-state index in [4.69, 9.17) is 9.31 Å². The van der Waals surface area contributed by atoms with E-state index in [0.29, 0.717) is 5.47 Å². The second-order valence-electron chi connectivity index (χ2n) is 4.97. The lowest BCUT2D eigenvalue weighted by Crippen LogP contribution is -2.41. The molecule has 16 heavy (non-hydrogen) atoms. The molecule has 0 spiro atoms. The van der Waals surface area contributed by atoms with Crippen molar-refractivity contribution in [3.8, 4) is 0 Å². The summed E-state index contributed by atoms with van der Waals surface area (Å²) in [5.74, 6) is -0.291. The predicted octanol–water partition coefficient (Wildman–Crippen LogP) is 3.44. The lowest BCUT2D eigenvalue weighted by atomic mass is 9.77. The number of allylic oxidation sites excluding steroid dienone is 4. The normalized spacial score (nSPS) is 25.1. The minimum absolute atomic E-state index is 0.291. The van der Waals surface area contributed by atoms with Crippen molar-refractivity contribution in [3.05, 3.63) is 23.5 Å². The zero-order chi connectivity index (χ0) is 12.6. The highest BCUT2D eigenvalue weighted by Gasteiger charge is 2.52. The van der Waals surface area contributed by atoms with Gasteiger partial charge in [-0.15, -0.1) is 0 Å². The van der Waals surface area contributed by atoms with Crippen molar-refractivity contribution in [2.45, 2.75) is 52.7 Å². The summed E-state index contributed by atoms with van der Waals surface area (Å²) >= 11 is 0. The maximum absolute atomic E-state index is 13.6. The van der Waals surface area contributed by atoms with Crippen LogP contribution in [0.2, 0.25) is 0 Å². The predicted molar refractivity (Wildman–Crippen MR) is 64.7 cm³/mol. The summed E-state index contributed by atoms with van der Waals surface area (Å²) in [5, 5.41) is 0. The summed E-state index contributed by atoms with van der Waals surface area (Å²) < 4.78 is 25.1. The molecule has 0 unspecified atom stereocenters. The minimum Gasteiger partial charge on any atom is -0.399 e. The molecular weight excluding hydrogens is 206 g/mol. The zero-order valence-electron chi connectivity index (χ0n) is 10.9. The van der Waals surface area contributed by atoms with Crippen molar-refractivity contribution in [2.75, 3.05) is 0 Å². The summed E-state index contributed by atoms with van der Waals surface area (Å²) in [6.07, 6.45) is 3.11. The van der Waals surface area contributed by atoms with Crippen LogP contribution in [0.15, 0.2) is 23.5 Å². The molecule has 0 N–H and O–H groups in total. The second kappa shape index (κ2) is 4.34. The second-order valence-corrected chi connectivity index (χ2v) is 4.97. The molecule has 0 radical (unpaired) electrons. The standard InChI is InChI=1S/C12H20BFO2/c1-7-9(10(14)8-2)13-15-11(3,4)12(5,6)16-13/h7-8H,1-6H3/b9-7+,10-8+. The first-order valence-corrected chi connectivity index (χ1v) is 5.59. The van der Waals surface area contributed by atoms with E-state index in [-0.39, 0.29) is 5.83 Å². The molecular formula is C12H20BFO2. The van der Waals surface area contributed by atoms with Gasteiger partial charge in [0.1, 0.15) is 5.83 Å². The first-order chi connectivity index (χ1) is 7.25. The smallest absolute Gasteiger partial charge is 0.399 e. The van der Waals surface area contributed by atoms with Gasteiger partial charge in [0.2, 0.25) is 0 Å². The van der Waals surface area contributed by atoms with Crippen LogP contribution in [0, 0.1) is 0 Å². The van der Waals surface area contributed by atoms with Crippen LogP contribution in [0.3, 0.4) is 0 Å². The first-order valence-electron chi connectivity index (χ1n) is 5.59. The molecule has 0 bridgehead atoms. The van der Waals surface area contributed by atoms with Gasteiger partial charge in [-0.2, -0.15) is 0 Å². The summed E-state index contributed by atoms with van der Waals surface area (Å²) in [4.78, 5) is 0. The van der Waals surface area contributed by atoms with Gasteiger partial charge in [0.15, 0.2) is 0 Å². The van der Waals surface area contributed by atoms with Crippen LogP contribution >= 0.6 is 0 Å². The SMILES string of the molecule is C/C=C(B1OC(C)(C)C(C)(C)O1)\C(F)=C/C. The highest BCUT2D eigenvalue weighted by molar-refractivity contribution is 6.55. The minimum atomic E-state index is -0.619. The van der Waals surface area contributed by atoms with Crippen molar-refractivity contribution in [1.82, 2.24) is 0 Å². The Kier molecular flexibility index (Phi) is 3.65. The maximum atomic E-state index is 13.6. The van der Waals surface area contributed by atoms with Crippen molar-refractivity contribution in [3.63, 3.8) is 0 Å². The fourth-order valence-electron chi connectivity index (χ4n) is 1.52. The monoisotopic (exact) mass is 226 g/mol. The molecule has 90 valence electrons. The molecule has 1 heterocycles. The molecule has 1 saturated heterocycles. The van der Waals surface area contributed by atoms with Gasteiger partial charge in [0.05, 0.1) is 11.2 Å². The summed E-state index contributed by atoms with van der Waals surface area (Å²) in [5.41, 5.74) is -0.402. The molecule has 2 nitrogen and oxygen atoms in total. The quantitative estimate of drug-likeness (QED) is 0.530. The van der Waals surface area contributed by atoms with E-state index in [9.17, 15) is 4.39 Å². The van der Waals surface area contributed by atoms with Crippen LogP contribution in [-0.2, 0) is 9.31 Å². The van der Waals surface area contributed by atoms with E-state index in [1.165, 1.54) is 6.08 Å². The number of hydrogen-bond donors (Lipinski definition) is 0. The lowest BCUT2D eigenvalue weighted by Gasteiger charge is -2.32. The van der Waals surface area contributed by atoms with E-state index in [2.05, 4.69) is 0 Å². The fourth-order valence-corrected chi connectivity index (χ4v) is 1.52. The van der Waals surface area contributed by atoms with Gasteiger partial charge in [-0.25, -0.2) is 4.39 Å². The molecule has 0 aromatic carbocycles. The molecule has 1 aliphatic rings. The van der Waals surface area contributed by atoms with Crippen molar-refractivity contribution in [2.24, 2.45) is 0 Å². The molecule has 0 aromatic heterocycles. The van der Waals surface area contributed by atoms with Crippen molar-refractivity contribution in [1.29, 1.82) is 0 Å². The summed E-state index contributed by atoms with van der Waals surface area (Å²) in [6, 6.07) is 0. The Balaban J connectivity index is 2.96. The average molecular weight is 226 g/mol. The summed E-state index contributed by atoms with van der Waals surface area (Å²) in [6.45, 7) is 11.2. The van der Waals surface area contributed by atoms with Crippen LogP contribution in [-0.4, -0.2) is 18.3 Å². The van der Waals surface area contributed by atoms with E-state index in [0.717, 1.165) is 0 Å². The highest BCUT2D eigenvalue weighted by atomic mass is 19.1. The molecule has 4 heteroatoms. The first kappa shape index (κ1) is 13.5. The van der Waals surface area contributed by atoms with E-state index in [1.54, 1.807) is 19.9 Å².